The van der Waals surface area contributed by atoms with Gasteiger partial charge in [0, 0.05) is 12.5 Å². The quantitative estimate of drug-likeness (QED) is 0.726. The first-order valence-corrected chi connectivity index (χ1v) is 5.92. The fourth-order valence-corrected chi connectivity index (χ4v) is 1.75. The van der Waals surface area contributed by atoms with Crippen molar-refractivity contribution >= 4 is 11.9 Å². The highest BCUT2D eigenvalue weighted by Crippen LogP contribution is 2.07. The van der Waals surface area contributed by atoms with Crippen molar-refractivity contribution in [3.63, 3.8) is 0 Å². The van der Waals surface area contributed by atoms with Gasteiger partial charge < -0.3 is 4.90 Å². The standard InChI is InChI=1S/C15H21NO/c1-12-6-5-7-14(10-12)8-9-15(17)13(2)11-16(3)4/h5-10,13H,11H2,1-4H3/b9-8-/t13-/m0/s1. The smallest absolute Gasteiger partial charge is 0.159 e. The SMILES string of the molecule is Cc1cccc(/C=C\C(=O)[C@@H](C)CN(C)C)c1. The monoisotopic (exact) mass is 231 g/mol. The van der Waals surface area contributed by atoms with E-state index in [0.29, 0.717) is 0 Å². The zero-order valence-electron chi connectivity index (χ0n) is 11.1. The Morgan fingerprint density at radius 3 is 2.71 bits per heavy atom. The lowest BCUT2D eigenvalue weighted by atomic mass is 10.0. The highest BCUT2D eigenvalue weighted by atomic mass is 16.1. The molecule has 1 rings (SSSR count). The van der Waals surface area contributed by atoms with Crippen LogP contribution in [-0.4, -0.2) is 31.3 Å². The Morgan fingerprint density at radius 2 is 2.12 bits per heavy atom. The molecule has 0 N–H and O–H groups in total. The average molecular weight is 231 g/mol. The third-order valence-electron chi connectivity index (χ3n) is 2.61. The lowest BCUT2D eigenvalue weighted by molar-refractivity contribution is -0.118. The number of nitrogens with zero attached hydrogens (tertiary/aromatic N) is 1. The fourth-order valence-electron chi connectivity index (χ4n) is 1.75. The van der Waals surface area contributed by atoms with Gasteiger partial charge in [0.15, 0.2) is 5.78 Å². The molecule has 2 nitrogen and oxygen atoms in total. The number of ketones is 1. The summed E-state index contributed by atoms with van der Waals surface area (Å²) in [7, 11) is 3.96. The van der Waals surface area contributed by atoms with E-state index in [0.717, 1.165) is 12.1 Å². The van der Waals surface area contributed by atoms with Gasteiger partial charge >= 0.3 is 0 Å². The Hall–Kier alpha value is -1.41. The molecule has 0 heterocycles. The second-order valence-electron chi connectivity index (χ2n) is 4.81. The van der Waals surface area contributed by atoms with Crippen molar-refractivity contribution in [3.05, 3.63) is 41.5 Å². The summed E-state index contributed by atoms with van der Waals surface area (Å²) in [6, 6.07) is 8.13. The molecule has 17 heavy (non-hydrogen) atoms. The van der Waals surface area contributed by atoms with Crippen LogP contribution in [0.1, 0.15) is 18.1 Å². The van der Waals surface area contributed by atoms with Gasteiger partial charge in [-0.2, -0.15) is 0 Å². The summed E-state index contributed by atoms with van der Waals surface area (Å²) >= 11 is 0. The topological polar surface area (TPSA) is 20.3 Å². The summed E-state index contributed by atoms with van der Waals surface area (Å²) in [5.74, 6) is 0.228. The average Bonchev–Trinajstić information content (AvgIpc) is 2.25. The van der Waals surface area contributed by atoms with Gasteiger partial charge in [-0.15, -0.1) is 0 Å². The van der Waals surface area contributed by atoms with Gasteiger partial charge in [-0.1, -0.05) is 42.8 Å². The minimum atomic E-state index is 0.0473. The molecular formula is C15H21NO. The third-order valence-corrected chi connectivity index (χ3v) is 2.61. The van der Waals surface area contributed by atoms with Crippen molar-refractivity contribution in [1.29, 1.82) is 0 Å². The molecule has 0 aromatic heterocycles. The van der Waals surface area contributed by atoms with Crippen LogP contribution in [0.3, 0.4) is 0 Å². The van der Waals surface area contributed by atoms with E-state index in [1.165, 1.54) is 5.56 Å². The molecule has 0 saturated heterocycles. The summed E-state index contributed by atoms with van der Waals surface area (Å²) in [5, 5.41) is 0. The van der Waals surface area contributed by atoms with E-state index in [1.54, 1.807) is 6.08 Å². The molecule has 0 radical (unpaired) electrons. The molecule has 0 amide bonds. The zero-order valence-corrected chi connectivity index (χ0v) is 11.1. The summed E-state index contributed by atoms with van der Waals surface area (Å²) in [6.07, 6.45) is 3.57. The van der Waals surface area contributed by atoms with Gasteiger partial charge in [0.05, 0.1) is 0 Å². The van der Waals surface area contributed by atoms with E-state index in [-0.39, 0.29) is 11.7 Å². The second kappa shape index (κ2) is 6.36. The van der Waals surface area contributed by atoms with Gasteiger partial charge in [-0.3, -0.25) is 4.79 Å². The van der Waals surface area contributed by atoms with E-state index in [9.17, 15) is 4.79 Å². The van der Waals surface area contributed by atoms with E-state index >= 15 is 0 Å². The number of aryl methyl sites for hydroxylation is 1. The first kappa shape index (κ1) is 13.7. The number of benzene rings is 1. The number of carbonyl (C=O) groups is 1. The van der Waals surface area contributed by atoms with Crippen LogP contribution in [-0.2, 0) is 4.79 Å². The second-order valence-corrected chi connectivity index (χ2v) is 4.81. The molecule has 2 heteroatoms. The van der Waals surface area contributed by atoms with Crippen molar-refractivity contribution in [2.24, 2.45) is 5.92 Å². The van der Waals surface area contributed by atoms with Crippen molar-refractivity contribution in [2.75, 3.05) is 20.6 Å². The third kappa shape index (κ3) is 4.96. The lowest BCUT2D eigenvalue weighted by Crippen LogP contribution is -2.24. The first-order valence-electron chi connectivity index (χ1n) is 5.92. The maximum absolute atomic E-state index is 11.8. The van der Waals surface area contributed by atoms with Crippen molar-refractivity contribution in [3.8, 4) is 0 Å². The molecule has 1 atom stereocenters. The van der Waals surface area contributed by atoms with Crippen LogP contribution in [0.25, 0.3) is 6.08 Å². The van der Waals surface area contributed by atoms with Crippen LogP contribution < -0.4 is 0 Å². The largest absolute Gasteiger partial charge is 0.309 e. The Labute approximate surface area is 104 Å². The maximum Gasteiger partial charge on any atom is 0.159 e. The van der Waals surface area contributed by atoms with E-state index in [4.69, 9.17) is 0 Å². The lowest BCUT2D eigenvalue weighted by Gasteiger charge is -2.13. The van der Waals surface area contributed by atoms with E-state index in [1.807, 2.05) is 57.1 Å². The van der Waals surface area contributed by atoms with Crippen molar-refractivity contribution in [2.45, 2.75) is 13.8 Å². The number of hydrogen-bond acceptors (Lipinski definition) is 2. The van der Waals surface area contributed by atoms with Gasteiger partial charge in [-0.05, 0) is 32.7 Å². The molecule has 92 valence electrons. The zero-order chi connectivity index (χ0) is 12.8. The van der Waals surface area contributed by atoms with Gasteiger partial charge in [0.25, 0.3) is 0 Å². The summed E-state index contributed by atoms with van der Waals surface area (Å²) in [5.41, 5.74) is 2.29. The predicted octanol–water partition coefficient (Wildman–Crippen LogP) is 2.78. The number of allylic oxidation sites excluding steroid dienone is 1. The molecule has 0 saturated carbocycles. The number of hydrogen-bond donors (Lipinski definition) is 0. The molecule has 1 aromatic rings. The highest BCUT2D eigenvalue weighted by Gasteiger charge is 2.10. The van der Waals surface area contributed by atoms with E-state index in [2.05, 4.69) is 6.07 Å². The molecule has 0 aliphatic rings. The van der Waals surface area contributed by atoms with Crippen LogP contribution in [0.5, 0.6) is 0 Å². The Morgan fingerprint density at radius 1 is 1.41 bits per heavy atom. The molecule has 0 aliphatic carbocycles. The molecule has 1 aromatic carbocycles. The predicted molar refractivity (Wildman–Crippen MR) is 72.9 cm³/mol. The van der Waals surface area contributed by atoms with Crippen molar-refractivity contribution in [1.82, 2.24) is 4.90 Å². The normalized spacial score (nSPS) is 13.2. The van der Waals surface area contributed by atoms with E-state index < -0.39 is 0 Å². The molecule has 0 aliphatic heterocycles. The minimum absolute atomic E-state index is 0.0473. The van der Waals surface area contributed by atoms with Gasteiger partial charge in [-0.25, -0.2) is 0 Å². The number of rotatable bonds is 5. The molecule has 0 fully saturated rings. The molecule has 0 unspecified atom stereocenters. The van der Waals surface area contributed by atoms with Crippen LogP contribution in [0.4, 0.5) is 0 Å². The molecule has 0 spiro atoms. The number of carbonyl (C=O) groups excluding carboxylic acids is 1. The summed E-state index contributed by atoms with van der Waals surface area (Å²) in [4.78, 5) is 13.9. The maximum atomic E-state index is 11.8. The first-order chi connectivity index (χ1) is 7.99. The summed E-state index contributed by atoms with van der Waals surface area (Å²) in [6.45, 7) is 4.80. The van der Waals surface area contributed by atoms with Crippen LogP contribution in [0.15, 0.2) is 30.3 Å². The van der Waals surface area contributed by atoms with Gasteiger partial charge in [0.2, 0.25) is 0 Å². The van der Waals surface area contributed by atoms with Crippen LogP contribution in [0.2, 0.25) is 0 Å². The van der Waals surface area contributed by atoms with Crippen LogP contribution in [0, 0.1) is 12.8 Å². The minimum Gasteiger partial charge on any atom is -0.309 e. The Balaban J connectivity index is 2.62. The van der Waals surface area contributed by atoms with Gasteiger partial charge in [0.1, 0.15) is 0 Å². The Bertz CT molecular complexity index is 407. The highest BCUT2D eigenvalue weighted by molar-refractivity contribution is 5.95. The molecular weight excluding hydrogens is 210 g/mol. The fraction of sp³-hybridized carbons (Fsp3) is 0.400. The van der Waals surface area contributed by atoms with Crippen LogP contribution >= 0.6 is 0 Å². The Kier molecular flexibility index (Phi) is 5.11. The molecule has 0 bridgehead atoms. The van der Waals surface area contributed by atoms with Crippen molar-refractivity contribution < 1.29 is 4.79 Å². The summed E-state index contributed by atoms with van der Waals surface area (Å²) < 4.78 is 0.